The van der Waals surface area contributed by atoms with E-state index in [0.717, 1.165) is 44.1 Å². The summed E-state index contributed by atoms with van der Waals surface area (Å²) in [6, 6.07) is 7.53. The standard InChI is InChI=1S/C14H22N2O2/c1-2-13-11-16(7-9-17-13)8-10-18-14-5-3-12(15)4-6-14/h3-6,13H,2,7-11,15H2,1H3. The molecular formula is C14H22N2O2. The fourth-order valence-corrected chi connectivity index (χ4v) is 2.09. The first kappa shape index (κ1) is 13.2. The van der Waals surface area contributed by atoms with Gasteiger partial charge in [-0.3, -0.25) is 4.90 Å². The van der Waals surface area contributed by atoms with Crippen LogP contribution in [-0.2, 0) is 4.74 Å². The van der Waals surface area contributed by atoms with Gasteiger partial charge in [-0.25, -0.2) is 0 Å². The summed E-state index contributed by atoms with van der Waals surface area (Å²) >= 11 is 0. The first-order valence-corrected chi connectivity index (χ1v) is 6.60. The van der Waals surface area contributed by atoms with E-state index in [1.54, 1.807) is 0 Å². The van der Waals surface area contributed by atoms with Crippen molar-refractivity contribution in [2.45, 2.75) is 19.4 Å². The molecule has 2 rings (SSSR count). The minimum absolute atomic E-state index is 0.385. The van der Waals surface area contributed by atoms with Crippen LogP contribution in [0.2, 0.25) is 0 Å². The topological polar surface area (TPSA) is 47.7 Å². The van der Waals surface area contributed by atoms with Crippen LogP contribution in [0.15, 0.2) is 24.3 Å². The van der Waals surface area contributed by atoms with Crippen LogP contribution in [0.4, 0.5) is 5.69 Å². The highest BCUT2D eigenvalue weighted by molar-refractivity contribution is 5.41. The van der Waals surface area contributed by atoms with Crippen molar-refractivity contribution in [3.63, 3.8) is 0 Å². The smallest absolute Gasteiger partial charge is 0.119 e. The van der Waals surface area contributed by atoms with Gasteiger partial charge >= 0.3 is 0 Å². The molecule has 1 aliphatic heterocycles. The van der Waals surface area contributed by atoms with Gasteiger partial charge in [0.2, 0.25) is 0 Å². The lowest BCUT2D eigenvalue weighted by atomic mass is 10.2. The molecule has 1 saturated heterocycles. The van der Waals surface area contributed by atoms with E-state index in [1.165, 1.54) is 0 Å². The van der Waals surface area contributed by atoms with Gasteiger partial charge in [0.25, 0.3) is 0 Å². The Bertz CT molecular complexity index is 353. The number of benzene rings is 1. The lowest BCUT2D eigenvalue weighted by Gasteiger charge is -2.32. The van der Waals surface area contributed by atoms with Crippen molar-refractivity contribution in [1.29, 1.82) is 0 Å². The molecule has 0 spiro atoms. The second kappa shape index (κ2) is 6.61. The minimum atomic E-state index is 0.385. The van der Waals surface area contributed by atoms with Crippen LogP contribution < -0.4 is 10.5 Å². The van der Waals surface area contributed by atoms with Crippen LogP contribution in [0, 0.1) is 0 Å². The number of nitrogens with zero attached hydrogens (tertiary/aromatic N) is 1. The summed E-state index contributed by atoms with van der Waals surface area (Å²) in [5.74, 6) is 0.879. The Balaban J connectivity index is 1.70. The third-order valence-corrected chi connectivity index (χ3v) is 3.23. The minimum Gasteiger partial charge on any atom is -0.492 e. The SMILES string of the molecule is CCC1CN(CCOc2ccc(N)cc2)CCO1. The zero-order chi connectivity index (χ0) is 12.8. The first-order chi connectivity index (χ1) is 8.78. The lowest BCUT2D eigenvalue weighted by molar-refractivity contribution is -0.0324. The van der Waals surface area contributed by atoms with Crippen molar-refractivity contribution in [2.24, 2.45) is 0 Å². The molecule has 1 aromatic rings. The average molecular weight is 250 g/mol. The molecule has 1 unspecified atom stereocenters. The quantitative estimate of drug-likeness (QED) is 0.809. The number of hydrogen-bond donors (Lipinski definition) is 1. The lowest BCUT2D eigenvalue weighted by Crippen LogP contribution is -2.43. The van der Waals surface area contributed by atoms with E-state index in [9.17, 15) is 0 Å². The van der Waals surface area contributed by atoms with Crippen molar-refractivity contribution in [3.8, 4) is 5.75 Å². The summed E-state index contributed by atoms with van der Waals surface area (Å²) in [6.45, 7) is 6.67. The van der Waals surface area contributed by atoms with E-state index in [2.05, 4.69) is 11.8 Å². The third kappa shape index (κ3) is 3.89. The third-order valence-electron chi connectivity index (χ3n) is 3.23. The van der Waals surface area contributed by atoms with E-state index in [0.29, 0.717) is 12.7 Å². The molecule has 100 valence electrons. The second-order valence-corrected chi connectivity index (χ2v) is 4.62. The number of hydrogen-bond acceptors (Lipinski definition) is 4. The predicted molar refractivity (Wildman–Crippen MR) is 72.8 cm³/mol. The Morgan fingerprint density at radius 2 is 2.17 bits per heavy atom. The summed E-state index contributed by atoms with van der Waals surface area (Å²) in [7, 11) is 0. The van der Waals surface area contributed by atoms with Crippen LogP contribution in [0.5, 0.6) is 5.75 Å². The Morgan fingerprint density at radius 3 is 2.89 bits per heavy atom. The molecule has 18 heavy (non-hydrogen) atoms. The van der Waals surface area contributed by atoms with Gasteiger partial charge in [0.15, 0.2) is 0 Å². The maximum absolute atomic E-state index is 5.69. The van der Waals surface area contributed by atoms with Crippen molar-refractivity contribution >= 4 is 5.69 Å². The Labute approximate surface area is 109 Å². The molecule has 0 bridgehead atoms. The second-order valence-electron chi connectivity index (χ2n) is 4.62. The van der Waals surface area contributed by atoms with Gasteiger partial charge in [-0.1, -0.05) is 6.92 Å². The number of nitrogen functional groups attached to an aromatic ring is 1. The largest absolute Gasteiger partial charge is 0.492 e. The summed E-state index contributed by atoms with van der Waals surface area (Å²) < 4.78 is 11.3. The molecule has 0 saturated carbocycles. The highest BCUT2D eigenvalue weighted by Gasteiger charge is 2.18. The number of rotatable bonds is 5. The fourth-order valence-electron chi connectivity index (χ4n) is 2.09. The molecule has 1 heterocycles. The van der Waals surface area contributed by atoms with Gasteiger partial charge in [-0.05, 0) is 30.7 Å². The van der Waals surface area contributed by atoms with E-state index in [4.69, 9.17) is 15.2 Å². The normalized spacial score (nSPS) is 20.8. The van der Waals surface area contributed by atoms with Crippen molar-refractivity contribution in [3.05, 3.63) is 24.3 Å². The molecule has 2 N–H and O–H groups in total. The highest BCUT2D eigenvalue weighted by atomic mass is 16.5. The monoisotopic (exact) mass is 250 g/mol. The van der Waals surface area contributed by atoms with Gasteiger partial charge in [0.05, 0.1) is 12.7 Å². The highest BCUT2D eigenvalue weighted by Crippen LogP contribution is 2.13. The molecule has 0 amide bonds. The average Bonchev–Trinajstić information content (AvgIpc) is 2.41. The maximum atomic E-state index is 5.69. The van der Waals surface area contributed by atoms with E-state index >= 15 is 0 Å². The number of morpholine rings is 1. The van der Waals surface area contributed by atoms with Crippen LogP contribution in [-0.4, -0.2) is 43.9 Å². The zero-order valence-electron chi connectivity index (χ0n) is 11.0. The number of ether oxygens (including phenoxy) is 2. The van der Waals surface area contributed by atoms with Crippen LogP contribution in [0.25, 0.3) is 0 Å². The fraction of sp³-hybridized carbons (Fsp3) is 0.571. The number of anilines is 1. The van der Waals surface area contributed by atoms with E-state index in [-0.39, 0.29) is 0 Å². The van der Waals surface area contributed by atoms with Crippen molar-refractivity contribution in [1.82, 2.24) is 4.90 Å². The van der Waals surface area contributed by atoms with Gasteiger partial charge < -0.3 is 15.2 Å². The zero-order valence-corrected chi connectivity index (χ0v) is 11.0. The van der Waals surface area contributed by atoms with E-state index in [1.807, 2.05) is 24.3 Å². The van der Waals surface area contributed by atoms with Gasteiger partial charge in [-0.2, -0.15) is 0 Å². The molecule has 1 fully saturated rings. The van der Waals surface area contributed by atoms with E-state index < -0.39 is 0 Å². The molecule has 0 aromatic heterocycles. The Hall–Kier alpha value is -1.26. The summed E-state index contributed by atoms with van der Waals surface area (Å²) in [5.41, 5.74) is 6.39. The molecule has 4 nitrogen and oxygen atoms in total. The van der Waals surface area contributed by atoms with Crippen LogP contribution in [0.3, 0.4) is 0 Å². The molecule has 1 atom stereocenters. The number of nitrogens with two attached hydrogens (primary N) is 1. The van der Waals surface area contributed by atoms with Crippen LogP contribution >= 0.6 is 0 Å². The molecule has 0 radical (unpaired) electrons. The molecule has 0 aliphatic carbocycles. The maximum Gasteiger partial charge on any atom is 0.119 e. The first-order valence-electron chi connectivity index (χ1n) is 6.60. The molecule has 1 aliphatic rings. The van der Waals surface area contributed by atoms with Crippen molar-refractivity contribution in [2.75, 3.05) is 38.6 Å². The van der Waals surface area contributed by atoms with Crippen molar-refractivity contribution < 1.29 is 9.47 Å². The Morgan fingerprint density at radius 1 is 1.39 bits per heavy atom. The summed E-state index contributed by atoms with van der Waals surface area (Å²) in [4.78, 5) is 2.40. The van der Waals surface area contributed by atoms with Gasteiger partial charge in [0, 0.05) is 25.3 Å². The predicted octanol–water partition coefficient (Wildman–Crippen LogP) is 1.76. The van der Waals surface area contributed by atoms with Crippen LogP contribution in [0.1, 0.15) is 13.3 Å². The summed E-state index contributed by atoms with van der Waals surface area (Å²) in [6.07, 6.45) is 1.46. The molecular weight excluding hydrogens is 228 g/mol. The van der Waals surface area contributed by atoms with Gasteiger partial charge in [-0.15, -0.1) is 0 Å². The Kier molecular flexibility index (Phi) is 4.84. The summed E-state index contributed by atoms with van der Waals surface area (Å²) in [5, 5.41) is 0. The van der Waals surface area contributed by atoms with Gasteiger partial charge in [0.1, 0.15) is 12.4 Å². The molecule has 4 heteroatoms. The molecule has 1 aromatic carbocycles.